The Kier molecular flexibility index (Phi) is 6.14. The van der Waals surface area contributed by atoms with Crippen LogP contribution in [0.2, 0.25) is 5.02 Å². The fourth-order valence-electron chi connectivity index (χ4n) is 2.87. The van der Waals surface area contributed by atoms with Crippen LogP contribution in [-0.4, -0.2) is 19.5 Å². The van der Waals surface area contributed by atoms with E-state index in [1.807, 2.05) is 30.3 Å². The smallest absolute Gasteiger partial charge is 0.307 e. The standard InChI is InChI=1S/C21H18ClNO4S/c22-18-9-11-19(12-10-18)28(26,27)23-21(16-6-2-1-3-7-16)17-8-4-5-15(13-17)14-20(24)25/h1-13,21,23H,14H2,(H,24,25). The summed E-state index contributed by atoms with van der Waals surface area (Å²) >= 11 is 5.86. The summed E-state index contributed by atoms with van der Waals surface area (Å²) in [4.78, 5) is 11.1. The third kappa shape index (κ3) is 4.98. The van der Waals surface area contributed by atoms with Gasteiger partial charge in [-0.05, 0) is 41.0 Å². The van der Waals surface area contributed by atoms with Crippen LogP contribution in [0.15, 0.2) is 83.8 Å². The van der Waals surface area contributed by atoms with E-state index in [1.165, 1.54) is 24.3 Å². The first kappa shape index (κ1) is 20.1. The molecule has 0 aliphatic heterocycles. The molecule has 3 rings (SSSR count). The highest BCUT2D eigenvalue weighted by Crippen LogP contribution is 2.26. The quantitative estimate of drug-likeness (QED) is 0.610. The Balaban J connectivity index is 2.01. The number of halogens is 1. The topological polar surface area (TPSA) is 83.5 Å². The van der Waals surface area contributed by atoms with Gasteiger partial charge in [-0.15, -0.1) is 0 Å². The van der Waals surface area contributed by atoms with Gasteiger partial charge in [0.2, 0.25) is 10.0 Å². The average Bonchev–Trinajstić information content (AvgIpc) is 2.67. The largest absolute Gasteiger partial charge is 0.481 e. The fraction of sp³-hybridized carbons (Fsp3) is 0.0952. The SMILES string of the molecule is O=C(O)Cc1cccc(C(NS(=O)(=O)c2ccc(Cl)cc2)c2ccccc2)c1. The van der Waals surface area contributed by atoms with Gasteiger partial charge in [0, 0.05) is 5.02 Å². The van der Waals surface area contributed by atoms with Crippen molar-refractivity contribution >= 4 is 27.6 Å². The van der Waals surface area contributed by atoms with Crippen LogP contribution >= 0.6 is 11.6 Å². The van der Waals surface area contributed by atoms with E-state index < -0.39 is 22.0 Å². The summed E-state index contributed by atoms with van der Waals surface area (Å²) < 4.78 is 28.6. The fourth-order valence-corrected chi connectivity index (χ4v) is 4.21. The molecule has 0 spiro atoms. The molecule has 144 valence electrons. The number of carbonyl (C=O) groups is 1. The predicted octanol–water partition coefficient (Wildman–Crippen LogP) is 4.04. The maximum atomic E-state index is 12.9. The van der Waals surface area contributed by atoms with Gasteiger partial charge in [0.05, 0.1) is 17.4 Å². The van der Waals surface area contributed by atoms with Gasteiger partial charge in [-0.2, -0.15) is 4.72 Å². The summed E-state index contributed by atoms with van der Waals surface area (Å²) in [5.74, 6) is -0.949. The second-order valence-corrected chi connectivity index (χ2v) is 8.38. The summed E-state index contributed by atoms with van der Waals surface area (Å²) in [6, 6.07) is 21.3. The summed E-state index contributed by atoms with van der Waals surface area (Å²) in [5, 5.41) is 9.49. The van der Waals surface area contributed by atoms with Crippen molar-refractivity contribution in [2.45, 2.75) is 17.4 Å². The van der Waals surface area contributed by atoms with Crippen LogP contribution in [0, 0.1) is 0 Å². The van der Waals surface area contributed by atoms with Crippen LogP contribution in [0.4, 0.5) is 0 Å². The van der Waals surface area contributed by atoms with Crippen molar-refractivity contribution in [3.05, 3.63) is 101 Å². The second-order valence-electron chi connectivity index (χ2n) is 6.23. The number of carboxylic acids is 1. The normalized spacial score (nSPS) is 12.5. The molecule has 0 saturated heterocycles. The van der Waals surface area contributed by atoms with Gasteiger partial charge in [0.25, 0.3) is 0 Å². The number of rotatable bonds is 7. The summed E-state index contributed by atoms with van der Waals surface area (Å²) in [6.45, 7) is 0. The minimum Gasteiger partial charge on any atom is -0.481 e. The maximum Gasteiger partial charge on any atom is 0.307 e. The van der Waals surface area contributed by atoms with E-state index in [0.29, 0.717) is 16.1 Å². The van der Waals surface area contributed by atoms with Gasteiger partial charge in [0.15, 0.2) is 0 Å². The molecule has 0 saturated carbocycles. The molecular weight excluding hydrogens is 398 g/mol. The molecule has 0 radical (unpaired) electrons. The molecule has 5 nitrogen and oxygen atoms in total. The van der Waals surface area contributed by atoms with Crippen molar-refractivity contribution in [3.63, 3.8) is 0 Å². The van der Waals surface area contributed by atoms with Gasteiger partial charge < -0.3 is 5.11 Å². The van der Waals surface area contributed by atoms with Crippen LogP contribution < -0.4 is 4.72 Å². The number of aliphatic carboxylic acids is 1. The molecule has 0 amide bonds. The Bertz CT molecular complexity index is 1070. The van der Waals surface area contributed by atoms with Gasteiger partial charge >= 0.3 is 5.97 Å². The Hall–Kier alpha value is -2.67. The van der Waals surface area contributed by atoms with E-state index in [1.54, 1.807) is 24.3 Å². The highest BCUT2D eigenvalue weighted by molar-refractivity contribution is 7.89. The first-order chi connectivity index (χ1) is 13.3. The lowest BCUT2D eigenvalue weighted by Gasteiger charge is -2.20. The van der Waals surface area contributed by atoms with Crippen LogP contribution in [0.1, 0.15) is 22.7 Å². The molecule has 0 aromatic heterocycles. The number of hydrogen-bond acceptors (Lipinski definition) is 3. The second kappa shape index (κ2) is 8.56. The summed E-state index contributed by atoms with van der Waals surface area (Å²) in [7, 11) is -3.83. The highest BCUT2D eigenvalue weighted by atomic mass is 35.5. The Labute approximate surface area is 168 Å². The van der Waals surface area contributed by atoms with Crippen LogP contribution in [0.25, 0.3) is 0 Å². The zero-order chi connectivity index (χ0) is 20.1. The van der Waals surface area contributed by atoms with Crippen LogP contribution in [-0.2, 0) is 21.2 Å². The molecule has 28 heavy (non-hydrogen) atoms. The summed E-state index contributed by atoms with van der Waals surface area (Å²) in [5.41, 5.74) is 1.99. The molecule has 0 aliphatic carbocycles. The van der Waals surface area contributed by atoms with Crippen LogP contribution in [0.3, 0.4) is 0 Å². The molecule has 1 atom stereocenters. The van der Waals surface area contributed by atoms with E-state index >= 15 is 0 Å². The van der Waals surface area contributed by atoms with E-state index in [0.717, 1.165) is 5.56 Å². The lowest BCUT2D eigenvalue weighted by molar-refractivity contribution is -0.136. The molecule has 0 aliphatic rings. The molecule has 0 heterocycles. The molecule has 3 aromatic rings. The lowest BCUT2D eigenvalue weighted by Crippen LogP contribution is -2.29. The van der Waals surface area contributed by atoms with Crippen molar-refractivity contribution in [2.24, 2.45) is 0 Å². The third-order valence-corrected chi connectivity index (χ3v) is 5.86. The third-order valence-electron chi connectivity index (χ3n) is 4.17. The van der Waals surface area contributed by atoms with Crippen molar-refractivity contribution in [1.82, 2.24) is 4.72 Å². The number of carboxylic acid groups (broad SMARTS) is 1. The Morgan fingerprint density at radius 1 is 0.929 bits per heavy atom. The maximum absolute atomic E-state index is 12.9. The van der Waals surface area contributed by atoms with E-state index in [9.17, 15) is 13.2 Å². The van der Waals surface area contributed by atoms with E-state index in [4.69, 9.17) is 16.7 Å². The number of hydrogen-bond donors (Lipinski definition) is 2. The van der Waals surface area contributed by atoms with Crippen LogP contribution in [0.5, 0.6) is 0 Å². The van der Waals surface area contributed by atoms with Crippen molar-refractivity contribution in [2.75, 3.05) is 0 Å². The number of benzene rings is 3. The molecule has 3 aromatic carbocycles. The molecule has 0 fully saturated rings. The molecule has 0 bridgehead atoms. The van der Waals surface area contributed by atoms with Gasteiger partial charge in [0.1, 0.15) is 0 Å². The first-order valence-corrected chi connectivity index (χ1v) is 10.3. The first-order valence-electron chi connectivity index (χ1n) is 8.48. The van der Waals surface area contributed by atoms with E-state index in [2.05, 4.69) is 4.72 Å². The number of nitrogens with one attached hydrogen (secondary N) is 1. The van der Waals surface area contributed by atoms with Crippen molar-refractivity contribution in [3.8, 4) is 0 Å². The zero-order valence-electron chi connectivity index (χ0n) is 14.7. The monoisotopic (exact) mass is 415 g/mol. The molecule has 7 heteroatoms. The van der Waals surface area contributed by atoms with E-state index in [-0.39, 0.29) is 11.3 Å². The Morgan fingerprint density at radius 2 is 1.57 bits per heavy atom. The minimum atomic E-state index is -3.83. The average molecular weight is 416 g/mol. The van der Waals surface area contributed by atoms with Crippen molar-refractivity contribution in [1.29, 1.82) is 0 Å². The molecule has 2 N–H and O–H groups in total. The van der Waals surface area contributed by atoms with Crippen molar-refractivity contribution < 1.29 is 18.3 Å². The van der Waals surface area contributed by atoms with Gasteiger partial charge in [-0.3, -0.25) is 4.79 Å². The molecular formula is C21H18ClNO4S. The minimum absolute atomic E-state index is 0.0968. The Morgan fingerprint density at radius 3 is 2.21 bits per heavy atom. The number of sulfonamides is 1. The van der Waals surface area contributed by atoms with Gasteiger partial charge in [-0.1, -0.05) is 66.2 Å². The lowest BCUT2D eigenvalue weighted by atomic mass is 9.97. The highest BCUT2D eigenvalue weighted by Gasteiger charge is 2.23. The zero-order valence-corrected chi connectivity index (χ0v) is 16.3. The predicted molar refractivity (Wildman–Crippen MR) is 108 cm³/mol. The molecule has 1 unspecified atom stereocenters. The summed E-state index contributed by atoms with van der Waals surface area (Å²) in [6.07, 6.45) is -0.140. The van der Waals surface area contributed by atoms with Gasteiger partial charge in [-0.25, -0.2) is 8.42 Å².